The second-order valence-corrected chi connectivity index (χ2v) is 38.4. The van der Waals surface area contributed by atoms with Gasteiger partial charge in [-0.1, -0.05) is 226 Å². The van der Waals surface area contributed by atoms with Gasteiger partial charge >= 0.3 is 0 Å². The summed E-state index contributed by atoms with van der Waals surface area (Å²) in [4.78, 5) is 143. The Labute approximate surface area is 873 Å². The van der Waals surface area contributed by atoms with Crippen LogP contribution in [0, 0.1) is 11.8 Å². The molecule has 43 heteroatoms. The maximum absolute atomic E-state index is 13.1. The molecule has 0 fully saturated rings. The molecule has 0 radical (unpaired) electrons. The van der Waals surface area contributed by atoms with Crippen LogP contribution in [0.1, 0.15) is 187 Å². The second kappa shape index (κ2) is 47.5. The van der Waals surface area contributed by atoms with Crippen LogP contribution in [-0.4, -0.2) is 165 Å². The Morgan fingerprint density at radius 2 is 0.594 bits per heavy atom. The van der Waals surface area contributed by atoms with E-state index in [2.05, 4.69) is 94.5 Å². The number of carbonyl (C=O) groups is 8. The summed E-state index contributed by atoms with van der Waals surface area (Å²) in [6.45, 7) is 37.8. The summed E-state index contributed by atoms with van der Waals surface area (Å²) in [5.41, 5.74) is 14.0. The lowest BCUT2D eigenvalue weighted by atomic mass is 9.97. The summed E-state index contributed by atoms with van der Waals surface area (Å²) in [6, 6.07) is 20.0. The number of carbonyl (C=O) groups excluding carboxylic acids is 8. The maximum Gasteiger partial charge on any atom is 0.270 e. The highest BCUT2D eigenvalue weighted by atomic mass is 35.5. The third-order valence-corrected chi connectivity index (χ3v) is 24.8. The van der Waals surface area contributed by atoms with E-state index in [1.54, 1.807) is 118 Å². The van der Waals surface area contributed by atoms with Gasteiger partial charge in [0.05, 0.1) is 87.9 Å². The normalized spacial score (nSPS) is 15.4. The third kappa shape index (κ3) is 26.8. The molecular formula is C100H98Cl10N18O15. The summed E-state index contributed by atoms with van der Waals surface area (Å²) in [7, 11) is 9.69. The minimum absolute atomic E-state index is 0. The highest BCUT2D eigenvalue weighted by Gasteiger charge is 2.34. The molecular weight excluding hydrogens is 2050 g/mol. The molecule has 748 valence electrons. The van der Waals surface area contributed by atoms with Gasteiger partial charge in [-0.15, -0.1) is 10.2 Å². The van der Waals surface area contributed by atoms with Crippen LogP contribution in [0.3, 0.4) is 0 Å². The molecule has 0 saturated heterocycles. The number of Topliss-reactive ketones (excluding diaryl/α,β-unsaturated/α-hetero) is 7. The third-order valence-electron chi connectivity index (χ3n) is 21.9. The van der Waals surface area contributed by atoms with Gasteiger partial charge < -0.3 is 18.9 Å². The topological polar surface area (TPSA) is 398 Å². The van der Waals surface area contributed by atoms with Gasteiger partial charge in [0.2, 0.25) is 29.3 Å². The van der Waals surface area contributed by atoms with Crippen LogP contribution in [0.15, 0.2) is 213 Å². The zero-order valence-electron chi connectivity index (χ0n) is 79.6. The van der Waals surface area contributed by atoms with Crippen molar-refractivity contribution in [3.05, 3.63) is 301 Å². The molecule has 0 amide bonds. The fraction of sp³-hybridized carbons (Fsp3) is 0.290. The molecule has 0 saturated carbocycles. The van der Waals surface area contributed by atoms with Crippen LogP contribution in [-0.2, 0) is 54.7 Å². The van der Waals surface area contributed by atoms with Crippen LogP contribution < -0.4 is 46.5 Å². The zero-order valence-corrected chi connectivity index (χ0v) is 87.2. The predicted octanol–water partition coefficient (Wildman–Crippen LogP) is 19.9. The van der Waals surface area contributed by atoms with Gasteiger partial charge in [0.25, 0.3) is 16.7 Å². The fourth-order valence-electron chi connectivity index (χ4n) is 14.2. The first-order valence-corrected chi connectivity index (χ1v) is 47.2. The maximum atomic E-state index is 13.1. The van der Waals surface area contributed by atoms with Crippen LogP contribution in [0.2, 0.25) is 50.2 Å². The number of rotatable bonds is 18. The number of benzene rings is 5. The number of ether oxygens (including phenoxy) is 4. The van der Waals surface area contributed by atoms with Gasteiger partial charge in [-0.25, -0.2) is 24.0 Å². The Bertz CT molecular complexity index is 7120. The molecule has 7 aliphatic rings. The van der Waals surface area contributed by atoms with Crippen LogP contribution in [0.5, 0.6) is 34.8 Å². The number of hydrogen-bond donors (Lipinski definition) is 2. The summed E-state index contributed by atoms with van der Waals surface area (Å²) in [6.07, 6.45) is 3.98. The fourth-order valence-corrected chi connectivity index (χ4v) is 17.1. The SMILES string of the molecule is C.C=C1CC(=O)C(c2cc(Cl)c(C(=O)c3cc(C(C)C)c(=O)n(C)n3)c(Cl)c2)=NN1C.C=C1CC(=O)C(c2cc(Cl)c(OC3=NCC(=O)C(C(C)C)=C3)c(Cl)c2)=NN1.C=C1CC(=O)C(c2cc(Cl)c(OC3=NCC(=O)C(C(C)C)=C3)c(Cl)c2)=NN1C.C=C1CC(=O)C(c2cc(Cl)c(Oc3cc(C(C)C)c(=O)n(C)n3)c(Cl)c2)=NN1.C=C1CC(=O)C(c2cc(Cl)c(Oc3cc(C(C)C)c(=O)n(C)n3)c(Cl)c2)=NN1C. The van der Waals surface area contributed by atoms with Crippen molar-refractivity contribution in [3.63, 3.8) is 0 Å². The molecule has 15 rings (SSSR count). The van der Waals surface area contributed by atoms with E-state index in [0.717, 1.165) is 4.68 Å². The molecule has 10 heterocycles. The highest BCUT2D eigenvalue weighted by molar-refractivity contribution is 6.52. The molecule has 2 N–H and O–H groups in total. The van der Waals surface area contributed by atoms with Crippen molar-refractivity contribution in [3.8, 4) is 34.8 Å². The monoisotopic (exact) mass is 2140 g/mol. The lowest BCUT2D eigenvalue weighted by molar-refractivity contribution is -0.115. The molecule has 143 heavy (non-hydrogen) atoms. The number of halogens is 10. The quantitative estimate of drug-likeness (QED) is 0.0753. The van der Waals surface area contributed by atoms with Gasteiger partial charge in [0.1, 0.15) is 47.3 Å². The Morgan fingerprint density at radius 1 is 0.336 bits per heavy atom. The first-order valence-electron chi connectivity index (χ1n) is 43.4. The van der Waals surface area contributed by atoms with Crippen LogP contribution in [0.4, 0.5) is 0 Å². The van der Waals surface area contributed by atoms with E-state index < -0.39 is 5.78 Å². The standard InChI is InChI=1S/C21H20Cl2N4O3.C20H20Cl2N4O3.C20H19Cl2N3O3.C19H18Cl2N4O3.C19H17Cl2N3O3.CH4/c1-10(2)13-9-16(24-27(5)21(13)30)20(29)18-14(22)7-12(8-15(18)23)19-17(28)6-11(3)26(4)25-19;1-10(2)13-9-17(23-26(5)20(13)28)29-19-14(21)7-12(8-15(19)22)18-16(27)6-11(3)25(4)24-18;1-10(2)13-8-18(23-9-17(13)27)28-20-14(21)6-12(7-15(20)22)19-16(26)5-11(3)25(4)24-19;1-9(2)12-8-16(24-25(4)19(12)27)28-18-13(20)6-11(7-14(18)21)17-15(26)5-10(3)22-23-17;1-9(2)12-7-17(22-8-16(12)26)27-19-13(20)5-11(6-14(19)21)18-15(25)4-10(3)23-24-18;/h7-10H,3,6H2,1-2,4-5H3;7-10H,3,6H2,1-2,4-5H3;6-8,10H,3,5,9H2,1-2,4H3;6-9,22H,3,5H2,1-2,4H3;5-7,9,23H,3-4,8H2,1-2H3;1H4. The van der Waals surface area contributed by atoms with E-state index in [-0.39, 0.29) is 276 Å². The number of hydrogen-bond acceptors (Lipinski definition) is 30. The summed E-state index contributed by atoms with van der Waals surface area (Å²) in [5, 5.41) is 39.4. The molecule has 33 nitrogen and oxygen atoms in total. The van der Waals surface area contributed by atoms with Crippen LogP contribution >= 0.6 is 116 Å². The molecule has 0 aliphatic carbocycles. The van der Waals surface area contributed by atoms with Crippen molar-refractivity contribution >= 4 is 203 Å². The Kier molecular flexibility index (Phi) is 37.2. The van der Waals surface area contributed by atoms with Crippen molar-refractivity contribution in [2.45, 2.75) is 127 Å². The minimum Gasteiger partial charge on any atom is -0.436 e. The number of dihydropyridines is 2. The van der Waals surface area contributed by atoms with Gasteiger partial charge in [-0.2, -0.15) is 30.6 Å². The van der Waals surface area contributed by atoms with E-state index in [0.29, 0.717) is 84.1 Å². The number of hydrazone groups is 5. The number of ketones is 8. The lowest BCUT2D eigenvalue weighted by Gasteiger charge is -2.23. The Hall–Kier alpha value is -12.9. The van der Waals surface area contributed by atoms with E-state index in [9.17, 15) is 52.7 Å². The average molecular weight is 2150 g/mol. The number of allylic oxidation sites excluding steroid dienone is 5. The number of nitrogens with one attached hydrogen (secondary N) is 2. The number of nitrogens with zero attached hydrogens (tertiary/aromatic N) is 16. The van der Waals surface area contributed by atoms with Crippen molar-refractivity contribution < 1.29 is 57.3 Å². The van der Waals surface area contributed by atoms with Gasteiger partial charge in [-0.05, 0) is 96.3 Å². The predicted molar refractivity (Wildman–Crippen MR) is 561 cm³/mol. The second-order valence-electron chi connectivity index (χ2n) is 34.4. The molecule has 0 atom stereocenters. The molecule has 5 aromatic carbocycles. The Morgan fingerprint density at radius 3 is 0.874 bits per heavy atom. The van der Waals surface area contributed by atoms with E-state index in [1.807, 2.05) is 69.2 Å². The molecule has 0 bridgehead atoms. The summed E-state index contributed by atoms with van der Waals surface area (Å²) >= 11 is 63.6. The van der Waals surface area contributed by atoms with Crippen molar-refractivity contribution in [1.82, 2.24) is 55.2 Å². The smallest absolute Gasteiger partial charge is 0.270 e. The largest absolute Gasteiger partial charge is 0.436 e. The van der Waals surface area contributed by atoms with E-state index in [1.165, 1.54) is 39.6 Å². The van der Waals surface area contributed by atoms with Gasteiger partial charge in [0, 0.05) is 151 Å². The zero-order chi connectivity index (χ0) is 105. The average Bonchev–Trinajstić information content (AvgIpc) is 0.778. The van der Waals surface area contributed by atoms with Gasteiger partial charge in [-0.3, -0.25) is 78.6 Å². The van der Waals surface area contributed by atoms with E-state index in [4.69, 9.17) is 135 Å². The number of aliphatic imine (C=N–C) groups is 2. The highest BCUT2D eigenvalue weighted by Crippen LogP contribution is 2.43. The van der Waals surface area contributed by atoms with Gasteiger partial charge in [0.15, 0.2) is 63.5 Å². The molecule has 8 aromatic rings. The Balaban J connectivity index is 0.000000183. The first-order chi connectivity index (χ1) is 66.7. The minimum atomic E-state index is -0.517. The summed E-state index contributed by atoms with van der Waals surface area (Å²) in [5.74, 6) is 0.174. The van der Waals surface area contributed by atoms with Crippen molar-refractivity contribution in [2.75, 3.05) is 34.2 Å². The molecule has 3 aromatic heterocycles. The number of aryl methyl sites for hydroxylation is 3. The first kappa shape index (κ1) is 112. The van der Waals surface area contributed by atoms with E-state index >= 15 is 0 Å². The van der Waals surface area contributed by atoms with Crippen molar-refractivity contribution in [2.24, 2.45) is 68.5 Å². The number of aromatic nitrogens is 6. The van der Waals surface area contributed by atoms with Crippen LogP contribution in [0.25, 0.3) is 0 Å². The summed E-state index contributed by atoms with van der Waals surface area (Å²) < 4.78 is 26.6. The lowest BCUT2D eigenvalue weighted by Crippen LogP contribution is -2.29. The molecule has 0 unspecified atom stereocenters. The molecule has 0 spiro atoms. The van der Waals surface area contributed by atoms with Crippen molar-refractivity contribution in [1.29, 1.82) is 0 Å². The molecule has 7 aliphatic heterocycles.